The van der Waals surface area contributed by atoms with Gasteiger partial charge in [-0.2, -0.15) is 0 Å². The molecule has 17 heavy (non-hydrogen) atoms. The summed E-state index contributed by atoms with van der Waals surface area (Å²) in [4.78, 5) is 9.34. The summed E-state index contributed by atoms with van der Waals surface area (Å²) in [5.74, 6) is -0.0957. The molecular weight excluding hydrogens is 225 g/mol. The predicted molar refractivity (Wildman–Crippen MR) is 62.7 cm³/mol. The maximum atomic E-state index is 13.9. The summed E-state index contributed by atoms with van der Waals surface area (Å²) in [7, 11) is 1.69. The number of rotatable bonds is 5. The number of hydrogen-bond donors (Lipinski definition) is 2. The lowest BCUT2D eigenvalue weighted by molar-refractivity contribution is 0.317. The monoisotopic (exact) mass is 241 g/mol. The van der Waals surface area contributed by atoms with Gasteiger partial charge in [0, 0.05) is 20.0 Å². The number of nitrogens with two attached hydrogens (primary N) is 1. The lowest BCUT2D eigenvalue weighted by Crippen LogP contribution is -2.26. The molecule has 0 saturated carbocycles. The van der Waals surface area contributed by atoms with Crippen molar-refractivity contribution < 1.29 is 9.60 Å². The van der Waals surface area contributed by atoms with Crippen LogP contribution in [0.3, 0.4) is 0 Å². The molecule has 0 bridgehead atoms. The average Bonchev–Trinajstić information content (AvgIpc) is 2.35. The van der Waals surface area contributed by atoms with Crippen LogP contribution in [0.5, 0.6) is 0 Å². The maximum Gasteiger partial charge on any atom is 0.187 e. The van der Waals surface area contributed by atoms with E-state index in [2.05, 4.69) is 15.1 Å². The molecule has 0 radical (unpaired) electrons. The molecule has 0 saturated heterocycles. The van der Waals surface area contributed by atoms with E-state index < -0.39 is 5.82 Å². The number of aryl methyl sites for hydroxylation is 1. The fraction of sp³-hybridized carbons (Fsp3) is 0.500. The minimum Gasteiger partial charge on any atom is -0.409 e. The van der Waals surface area contributed by atoms with Crippen LogP contribution in [0.4, 0.5) is 10.2 Å². The Morgan fingerprint density at radius 2 is 2.29 bits per heavy atom. The molecule has 0 aliphatic carbocycles. The highest BCUT2D eigenvalue weighted by molar-refractivity contribution is 5.80. The molecule has 0 atom stereocenters. The predicted octanol–water partition coefficient (Wildman–Crippen LogP) is 0.751. The minimum absolute atomic E-state index is 0.0991. The third-order valence-corrected chi connectivity index (χ3v) is 2.37. The lowest BCUT2D eigenvalue weighted by Gasteiger charge is -2.18. The van der Waals surface area contributed by atoms with Gasteiger partial charge in [0.15, 0.2) is 11.6 Å². The van der Waals surface area contributed by atoms with Crippen LogP contribution in [0.15, 0.2) is 11.5 Å². The van der Waals surface area contributed by atoms with Gasteiger partial charge in [0.25, 0.3) is 0 Å². The van der Waals surface area contributed by atoms with Gasteiger partial charge in [-0.15, -0.1) is 0 Å². The molecule has 0 aliphatic heterocycles. The van der Waals surface area contributed by atoms with Crippen molar-refractivity contribution >= 4 is 11.7 Å². The van der Waals surface area contributed by atoms with E-state index in [0.717, 1.165) is 0 Å². The van der Waals surface area contributed by atoms with Crippen LogP contribution in [0.1, 0.15) is 19.0 Å². The molecule has 0 aromatic carbocycles. The van der Waals surface area contributed by atoms with Crippen molar-refractivity contribution in [3.05, 3.63) is 17.8 Å². The van der Waals surface area contributed by atoms with Crippen molar-refractivity contribution in [1.82, 2.24) is 9.97 Å². The van der Waals surface area contributed by atoms with E-state index in [-0.39, 0.29) is 11.7 Å². The van der Waals surface area contributed by atoms with Crippen LogP contribution in [0.2, 0.25) is 0 Å². The smallest absolute Gasteiger partial charge is 0.187 e. The van der Waals surface area contributed by atoms with Gasteiger partial charge < -0.3 is 15.8 Å². The molecule has 1 heterocycles. The first kappa shape index (κ1) is 13.1. The molecule has 7 heteroatoms. The number of oxime groups is 1. The quantitative estimate of drug-likeness (QED) is 0.344. The Hall–Kier alpha value is -1.92. The number of nitrogens with zero attached hydrogens (tertiary/aromatic N) is 4. The second-order valence-corrected chi connectivity index (χ2v) is 3.57. The van der Waals surface area contributed by atoms with E-state index in [1.807, 2.05) is 6.92 Å². The van der Waals surface area contributed by atoms with Gasteiger partial charge >= 0.3 is 0 Å². The fourth-order valence-corrected chi connectivity index (χ4v) is 1.35. The highest BCUT2D eigenvalue weighted by Crippen LogP contribution is 2.16. The first-order chi connectivity index (χ1) is 8.10. The largest absolute Gasteiger partial charge is 0.409 e. The zero-order chi connectivity index (χ0) is 12.8. The Balaban J connectivity index is 2.78. The third-order valence-electron chi connectivity index (χ3n) is 2.37. The summed E-state index contributed by atoms with van der Waals surface area (Å²) in [6.07, 6.45) is 2.17. The Kier molecular flexibility index (Phi) is 4.62. The third kappa shape index (κ3) is 3.27. The highest BCUT2D eigenvalue weighted by atomic mass is 19.1. The van der Waals surface area contributed by atoms with E-state index in [4.69, 9.17) is 10.9 Å². The molecule has 0 unspecified atom stereocenters. The molecule has 0 fully saturated rings. The van der Waals surface area contributed by atoms with Crippen molar-refractivity contribution in [3.8, 4) is 0 Å². The topological polar surface area (TPSA) is 87.6 Å². The highest BCUT2D eigenvalue weighted by Gasteiger charge is 2.13. The lowest BCUT2D eigenvalue weighted by atomic mass is 10.3. The van der Waals surface area contributed by atoms with E-state index >= 15 is 0 Å². The van der Waals surface area contributed by atoms with Crippen LogP contribution in [-0.4, -0.2) is 34.6 Å². The normalized spacial score (nSPS) is 11.6. The molecule has 6 nitrogen and oxygen atoms in total. The van der Waals surface area contributed by atoms with Gasteiger partial charge in [-0.3, -0.25) is 0 Å². The zero-order valence-electron chi connectivity index (χ0n) is 9.89. The average molecular weight is 241 g/mol. The summed E-state index contributed by atoms with van der Waals surface area (Å²) in [6, 6.07) is 0. The van der Waals surface area contributed by atoms with Gasteiger partial charge in [0.1, 0.15) is 12.2 Å². The van der Waals surface area contributed by atoms with E-state index in [0.29, 0.717) is 25.1 Å². The van der Waals surface area contributed by atoms with Crippen LogP contribution in [-0.2, 0) is 6.42 Å². The van der Waals surface area contributed by atoms with Gasteiger partial charge in [0.2, 0.25) is 0 Å². The van der Waals surface area contributed by atoms with E-state index in [1.54, 1.807) is 11.9 Å². The number of aromatic nitrogens is 2. The summed E-state index contributed by atoms with van der Waals surface area (Å²) < 4.78 is 13.9. The summed E-state index contributed by atoms with van der Waals surface area (Å²) in [5, 5.41) is 11.3. The van der Waals surface area contributed by atoms with Crippen LogP contribution in [0, 0.1) is 5.82 Å². The first-order valence-electron chi connectivity index (χ1n) is 5.27. The second kappa shape index (κ2) is 5.97. The van der Waals surface area contributed by atoms with Crippen molar-refractivity contribution in [2.75, 3.05) is 18.5 Å². The van der Waals surface area contributed by atoms with Crippen molar-refractivity contribution in [3.63, 3.8) is 0 Å². The van der Waals surface area contributed by atoms with Crippen LogP contribution in [0.25, 0.3) is 0 Å². The number of amidine groups is 1. The van der Waals surface area contributed by atoms with Crippen LogP contribution >= 0.6 is 0 Å². The Morgan fingerprint density at radius 1 is 1.59 bits per heavy atom. The Morgan fingerprint density at radius 3 is 2.88 bits per heavy atom. The van der Waals surface area contributed by atoms with Crippen LogP contribution < -0.4 is 10.6 Å². The molecule has 1 rings (SSSR count). The molecule has 1 aromatic rings. The van der Waals surface area contributed by atoms with Crippen molar-refractivity contribution in [1.29, 1.82) is 0 Å². The number of halogens is 1. The standard InChI is InChI=1S/C10H16FN5O/c1-3-7-9(11)10(14-6-13-7)16(2)5-4-8(12)15-17/h6,17H,3-5H2,1-2H3,(H2,12,15). The van der Waals surface area contributed by atoms with Crippen molar-refractivity contribution in [2.45, 2.75) is 19.8 Å². The molecule has 0 aliphatic rings. The minimum atomic E-state index is -0.419. The molecule has 1 aromatic heterocycles. The fourth-order valence-electron chi connectivity index (χ4n) is 1.35. The van der Waals surface area contributed by atoms with Crippen molar-refractivity contribution in [2.24, 2.45) is 10.9 Å². The van der Waals surface area contributed by atoms with Gasteiger partial charge in [-0.1, -0.05) is 12.1 Å². The second-order valence-electron chi connectivity index (χ2n) is 3.57. The number of anilines is 1. The molecule has 0 amide bonds. The number of hydrogen-bond acceptors (Lipinski definition) is 5. The molecule has 94 valence electrons. The molecule has 0 spiro atoms. The van der Waals surface area contributed by atoms with E-state index in [9.17, 15) is 4.39 Å². The Bertz CT molecular complexity index is 410. The first-order valence-corrected chi connectivity index (χ1v) is 5.27. The summed E-state index contributed by atoms with van der Waals surface area (Å²) in [6.45, 7) is 2.23. The van der Waals surface area contributed by atoms with Gasteiger partial charge in [0.05, 0.1) is 5.69 Å². The summed E-state index contributed by atoms with van der Waals surface area (Å²) >= 11 is 0. The summed E-state index contributed by atoms with van der Waals surface area (Å²) in [5.41, 5.74) is 5.72. The SMILES string of the molecule is CCc1ncnc(N(C)CCC(N)=NO)c1F. The van der Waals surface area contributed by atoms with Gasteiger partial charge in [-0.05, 0) is 6.42 Å². The maximum absolute atomic E-state index is 13.9. The molecular formula is C10H16FN5O. The molecule has 3 N–H and O–H groups in total. The zero-order valence-corrected chi connectivity index (χ0v) is 9.89. The van der Waals surface area contributed by atoms with E-state index in [1.165, 1.54) is 6.33 Å². The Labute approximate surface area is 99.0 Å². The van der Waals surface area contributed by atoms with Gasteiger partial charge in [-0.25, -0.2) is 14.4 Å².